The van der Waals surface area contributed by atoms with Gasteiger partial charge in [-0.3, -0.25) is 9.88 Å². The molecule has 0 bridgehead atoms. The van der Waals surface area contributed by atoms with Gasteiger partial charge in [-0.1, -0.05) is 6.92 Å². The van der Waals surface area contributed by atoms with Crippen molar-refractivity contribution < 1.29 is 0 Å². The number of rotatable bonds is 6. The lowest BCUT2D eigenvalue weighted by molar-refractivity contribution is 0.177. The number of likely N-dealkylation sites (N-methyl/N-ethyl adjacent to an activating group) is 1. The average molecular weight is 275 g/mol. The topological polar surface area (TPSA) is 42.2 Å². The lowest BCUT2D eigenvalue weighted by Crippen LogP contribution is -2.38. The Morgan fingerprint density at radius 2 is 2.05 bits per heavy atom. The van der Waals surface area contributed by atoms with Crippen LogP contribution < -0.4 is 5.73 Å². The molecule has 2 rings (SSSR count). The number of aromatic nitrogens is 1. The Hall–Kier alpha value is -1.23. The summed E-state index contributed by atoms with van der Waals surface area (Å²) in [5.41, 5.74) is 8.80. The molecule has 2 unspecified atom stereocenters. The summed E-state index contributed by atoms with van der Waals surface area (Å²) in [6.45, 7) is 6.14. The fourth-order valence-corrected chi connectivity index (χ4v) is 3.11. The maximum Gasteiger partial charge on any atom is 0.0508 e. The van der Waals surface area contributed by atoms with Crippen LogP contribution in [0.4, 0.5) is 0 Å². The molecule has 4 heteroatoms. The molecule has 2 aromatic heterocycles. The van der Waals surface area contributed by atoms with E-state index in [4.69, 9.17) is 5.73 Å². The predicted octanol–water partition coefficient (Wildman–Crippen LogP) is 3.05. The first-order valence-electron chi connectivity index (χ1n) is 6.63. The van der Waals surface area contributed by atoms with E-state index in [0.717, 1.165) is 13.1 Å². The molecule has 0 saturated carbocycles. The molecule has 0 aliphatic heterocycles. The van der Waals surface area contributed by atoms with Crippen molar-refractivity contribution in [1.82, 2.24) is 9.88 Å². The summed E-state index contributed by atoms with van der Waals surface area (Å²) < 4.78 is 0. The third-order valence-electron chi connectivity index (χ3n) is 3.32. The van der Waals surface area contributed by atoms with E-state index in [-0.39, 0.29) is 12.1 Å². The second kappa shape index (κ2) is 6.80. The Morgan fingerprint density at radius 1 is 1.32 bits per heavy atom. The van der Waals surface area contributed by atoms with Crippen molar-refractivity contribution in [2.75, 3.05) is 6.54 Å². The Bertz CT molecular complexity index is 467. The molecule has 0 amide bonds. The summed E-state index contributed by atoms with van der Waals surface area (Å²) in [7, 11) is 0. The molecule has 2 atom stereocenters. The van der Waals surface area contributed by atoms with E-state index in [1.54, 1.807) is 11.3 Å². The number of nitrogens with two attached hydrogens (primary N) is 1. The maximum absolute atomic E-state index is 6.21. The minimum atomic E-state index is 0.108. The molecule has 2 heterocycles. The van der Waals surface area contributed by atoms with Gasteiger partial charge in [0.15, 0.2) is 0 Å². The molecule has 0 fully saturated rings. The fraction of sp³-hybridized carbons (Fsp3) is 0.400. The molecule has 102 valence electrons. The van der Waals surface area contributed by atoms with Gasteiger partial charge in [-0.2, -0.15) is 11.3 Å². The molecular formula is C15H21N3S. The highest BCUT2D eigenvalue weighted by molar-refractivity contribution is 7.07. The highest BCUT2D eigenvalue weighted by Crippen LogP contribution is 2.26. The standard InChI is InChI=1S/C15H21N3S/c1-3-18(10-13-4-7-17-8-5-13)15(12(2)16)14-6-9-19-11-14/h4-9,11-12,15H,3,10,16H2,1-2H3. The van der Waals surface area contributed by atoms with Crippen molar-refractivity contribution in [1.29, 1.82) is 0 Å². The normalized spacial score (nSPS) is 14.5. The van der Waals surface area contributed by atoms with Gasteiger partial charge < -0.3 is 5.73 Å². The van der Waals surface area contributed by atoms with Gasteiger partial charge in [-0.15, -0.1) is 0 Å². The lowest BCUT2D eigenvalue weighted by Gasteiger charge is -2.33. The van der Waals surface area contributed by atoms with E-state index < -0.39 is 0 Å². The average Bonchev–Trinajstić information content (AvgIpc) is 2.92. The van der Waals surface area contributed by atoms with Crippen LogP contribution in [0.1, 0.15) is 31.0 Å². The number of hydrogen-bond donors (Lipinski definition) is 1. The third-order valence-corrected chi connectivity index (χ3v) is 4.02. The van der Waals surface area contributed by atoms with Crippen LogP contribution in [-0.2, 0) is 6.54 Å². The fourth-order valence-electron chi connectivity index (χ4n) is 2.42. The van der Waals surface area contributed by atoms with Gasteiger partial charge in [0, 0.05) is 25.0 Å². The largest absolute Gasteiger partial charge is 0.326 e. The van der Waals surface area contributed by atoms with Crippen LogP contribution in [0.2, 0.25) is 0 Å². The minimum Gasteiger partial charge on any atom is -0.326 e. The summed E-state index contributed by atoms with van der Waals surface area (Å²) in [6.07, 6.45) is 3.68. The lowest BCUT2D eigenvalue weighted by atomic mass is 10.0. The van der Waals surface area contributed by atoms with E-state index >= 15 is 0 Å². The van der Waals surface area contributed by atoms with Gasteiger partial charge >= 0.3 is 0 Å². The summed E-state index contributed by atoms with van der Waals surface area (Å²) in [5.74, 6) is 0. The highest BCUT2D eigenvalue weighted by Gasteiger charge is 2.23. The zero-order chi connectivity index (χ0) is 13.7. The van der Waals surface area contributed by atoms with Crippen LogP contribution in [0.15, 0.2) is 41.4 Å². The Kier molecular flexibility index (Phi) is 5.07. The monoisotopic (exact) mass is 275 g/mol. The molecule has 0 aliphatic rings. The smallest absolute Gasteiger partial charge is 0.0508 e. The van der Waals surface area contributed by atoms with E-state index in [9.17, 15) is 0 Å². The van der Waals surface area contributed by atoms with Gasteiger partial charge in [0.05, 0.1) is 6.04 Å². The van der Waals surface area contributed by atoms with Crippen LogP contribution in [0.5, 0.6) is 0 Å². The van der Waals surface area contributed by atoms with Crippen molar-refractivity contribution in [3.8, 4) is 0 Å². The Morgan fingerprint density at radius 3 is 2.58 bits per heavy atom. The van der Waals surface area contributed by atoms with Crippen LogP contribution >= 0.6 is 11.3 Å². The molecule has 0 aliphatic carbocycles. The predicted molar refractivity (Wildman–Crippen MR) is 81.0 cm³/mol. The van der Waals surface area contributed by atoms with Crippen LogP contribution in [0, 0.1) is 0 Å². The molecule has 3 nitrogen and oxygen atoms in total. The molecule has 0 saturated heterocycles. The molecule has 0 spiro atoms. The number of hydrogen-bond acceptors (Lipinski definition) is 4. The third kappa shape index (κ3) is 3.62. The molecule has 19 heavy (non-hydrogen) atoms. The van der Waals surface area contributed by atoms with Crippen LogP contribution in [0.25, 0.3) is 0 Å². The van der Waals surface area contributed by atoms with E-state index in [0.29, 0.717) is 0 Å². The quantitative estimate of drug-likeness (QED) is 0.881. The first kappa shape index (κ1) is 14.2. The SMILES string of the molecule is CCN(Cc1ccncc1)C(c1ccsc1)C(C)N. The van der Waals surface area contributed by atoms with Crippen LogP contribution in [-0.4, -0.2) is 22.5 Å². The van der Waals surface area contributed by atoms with Crippen molar-refractivity contribution in [3.63, 3.8) is 0 Å². The van der Waals surface area contributed by atoms with Crippen LogP contribution in [0.3, 0.4) is 0 Å². The molecular weight excluding hydrogens is 254 g/mol. The second-order valence-electron chi connectivity index (χ2n) is 4.78. The second-order valence-corrected chi connectivity index (χ2v) is 5.56. The van der Waals surface area contributed by atoms with Gasteiger partial charge in [-0.25, -0.2) is 0 Å². The summed E-state index contributed by atoms with van der Waals surface area (Å²) >= 11 is 1.73. The summed E-state index contributed by atoms with van der Waals surface area (Å²) in [6, 6.07) is 6.68. The summed E-state index contributed by atoms with van der Waals surface area (Å²) in [5, 5.41) is 4.31. The van der Waals surface area contributed by atoms with E-state index in [2.05, 4.69) is 52.7 Å². The van der Waals surface area contributed by atoms with E-state index in [1.807, 2.05) is 12.4 Å². The molecule has 2 N–H and O–H groups in total. The number of pyridine rings is 1. The van der Waals surface area contributed by atoms with Crippen molar-refractivity contribution in [2.45, 2.75) is 32.5 Å². The molecule has 0 aromatic carbocycles. The molecule has 2 aromatic rings. The van der Waals surface area contributed by atoms with E-state index in [1.165, 1.54) is 11.1 Å². The van der Waals surface area contributed by atoms with Crippen molar-refractivity contribution in [2.24, 2.45) is 5.73 Å². The minimum absolute atomic E-state index is 0.108. The summed E-state index contributed by atoms with van der Waals surface area (Å²) in [4.78, 5) is 6.49. The zero-order valence-electron chi connectivity index (χ0n) is 11.5. The van der Waals surface area contributed by atoms with Crippen molar-refractivity contribution >= 4 is 11.3 Å². The first-order chi connectivity index (χ1) is 9.22. The highest BCUT2D eigenvalue weighted by atomic mass is 32.1. The Labute approximate surface area is 119 Å². The van der Waals surface area contributed by atoms with Gasteiger partial charge in [0.1, 0.15) is 0 Å². The number of nitrogens with zero attached hydrogens (tertiary/aromatic N) is 2. The Balaban J connectivity index is 2.18. The van der Waals surface area contributed by atoms with Crippen molar-refractivity contribution in [3.05, 3.63) is 52.5 Å². The number of thiophene rings is 1. The first-order valence-corrected chi connectivity index (χ1v) is 7.57. The maximum atomic E-state index is 6.21. The van der Waals surface area contributed by atoms with Gasteiger partial charge in [-0.05, 0) is 53.6 Å². The van der Waals surface area contributed by atoms with Gasteiger partial charge in [0.2, 0.25) is 0 Å². The van der Waals surface area contributed by atoms with Gasteiger partial charge in [0.25, 0.3) is 0 Å². The molecule has 0 radical (unpaired) electrons. The zero-order valence-corrected chi connectivity index (χ0v) is 12.3.